The van der Waals surface area contributed by atoms with Crippen LogP contribution in [0.3, 0.4) is 0 Å². The molecular formula is C29H39F3N4O4S2. The number of likely N-dealkylation sites (tertiary alicyclic amines) is 2. The number of carbonyl (C=O) groups excluding carboxylic acids is 1. The predicted octanol–water partition coefficient (Wildman–Crippen LogP) is 4.03. The molecule has 0 spiro atoms. The zero-order valence-electron chi connectivity index (χ0n) is 23.9. The molecule has 1 unspecified atom stereocenters. The number of aryl methyl sites for hydroxylation is 1. The second kappa shape index (κ2) is 12.9. The number of piperidine rings is 1. The Morgan fingerprint density at radius 2 is 1.86 bits per heavy atom. The molecule has 8 nitrogen and oxygen atoms in total. The lowest BCUT2D eigenvalue weighted by molar-refractivity contribution is -0.139. The van der Waals surface area contributed by atoms with Gasteiger partial charge in [0.25, 0.3) is 0 Å². The molecule has 1 aliphatic carbocycles. The number of aliphatic hydroxyl groups excluding tert-OH is 1. The van der Waals surface area contributed by atoms with Crippen molar-refractivity contribution in [3.63, 3.8) is 0 Å². The molecule has 3 heterocycles. The van der Waals surface area contributed by atoms with E-state index >= 15 is 0 Å². The van der Waals surface area contributed by atoms with Crippen LogP contribution >= 0.6 is 11.8 Å². The molecule has 0 saturated carbocycles. The van der Waals surface area contributed by atoms with Crippen molar-refractivity contribution in [1.82, 2.24) is 19.6 Å². The Labute approximate surface area is 249 Å². The summed E-state index contributed by atoms with van der Waals surface area (Å²) in [4.78, 5) is 16.6. The van der Waals surface area contributed by atoms with E-state index in [9.17, 15) is 31.5 Å². The van der Waals surface area contributed by atoms with Gasteiger partial charge in [0.1, 0.15) is 0 Å². The molecule has 1 atom stereocenters. The van der Waals surface area contributed by atoms with Gasteiger partial charge in [0.2, 0.25) is 5.91 Å². The summed E-state index contributed by atoms with van der Waals surface area (Å²) >= 11 is 0.942. The van der Waals surface area contributed by atoms with Crippen molar-refractivity contribution in [2.45, 2.75) is 80.3 Å². The highest BCUT2D eigenvalue weighted by Gasteiger charge is 2.36. The lowest BCUT2D eigenvalue weighted by atomic mass is 9.92. The summed E-state index contributed by atoms with van der Waals surface area (Å²) in [6, 6.07) is 4.27. The smallest absolute Gasteiger partial charge is 0.396 e. The molecule has 3 aliphatic rings. The van der Waals surface area contributed by atoms with Crippen LogP contribution in [0.4, 0.5) is 13.2 Å². The molecule has 42 heavy (non-hydrogen) atoms. The highest BCUT2D eigenvalue weighted by Crippen LogP contribution is 2.40. The molecule has 0 bridgehead atoms. The number of carbonyl (C=O) groups is 1. The zero-order chi connectivity index (χ0) is 30.1. The first-order valence-electron chi connectivity index (χ1n) is 14.7. The molecule has 1 aromatic carbocycles. The van der Waals surface area contributed by atoms with Crippen molar-refractivity contribution in [3.05, 3.63) is 35.0 Å². The second-order valence-electron chi connectivity index (χ2n) is 11.6. The van der Waals surface area contributed by atoms with Crippen LogP contribution in [0.1, 0.15) is 55.3 Å². The fourth-order valence-electron chi connectivity index (χ4n) is 6.57. The molecule has 5 rings (SSSR count). The molecule has 1 amide bonds. The van der Waals surface area contributed by atoms with Crippen molar-refractivity contribution in [3.8, 4) is 11.3 Å². The Balaban J connectivity index is 1.34. The van der Waals surface area contributed by atoms with Gasteiger partial charge in [0, 0.05) is 72.4 Å². The van der Waals surface area contributed by atoms with Crippen LogP contribution in [0.5, 0.6) is 0 Å². The minimum atomic E-state index is -4.53. The van der Waals surface area contributed by atoms with Gasteiger partial charge in [-0.25, -0.2) is 8.42 Å². The summed E-state index contributed by atoms with van der Waals surface area (Å²) < 4.78 is 67.9. The maximum atomic E-state index is 13.7. The molecule has 2 aromatic rings. The fraction of sp³-hybridized carbons (Fsp3) is 0.655. The molecular weight excluding hydrogens is 589 g/mol. The van der Waals surface area contributed by atoms with Crippen LogP contribution in [0.15, 0.2) is 23.1 Å². The lowest BCUT2D eigenvalue weighted by Crippen LogP contribution is -2.45. The topological polar surface area (TPSA) is 95.7 Å². The summed E-state index contributed by atoms with van der Waals surface area (Å²) in [6.07, 6.45) is 2.42. The van der Waals surface area contributed by atoms with Crippen molar-refractivity contribution in [2.24, 2.45) is 0 Å². The first-order valence-corrected chi connectivity index (χ1v) is 17.6. The maximum absolute atomic E-state index is 13.7. The number of alkyl halides is 3. The van der Waals surface area contributed by atoms with E-state index in [1.807, 2.05) is 9.58 Å². The average molecular weight is 629 g/mol. The number of aromatic nitrogens is 2. The standard InChI is InChI=1S/C29H39F3N4O4S2/c1-42(39,40)22-6-8-25-23(19-22)28(20-5-7-24(29(30,31)32)26(18-20)41-17-16-37)33-36(25)13-3-11-34-14-9-21(10-15-34)35-12-2-4-27(35)38/h5,7,18,21-22,37H,2-4,6,8-17,19H2,1H3. The molecule has 1 N–H and O–H groups in total. The zero-order valence-corrected chi connectivity index (χ0v) is 25.5. The number of amides is 1. The van der Waals surface area contributed by atoms with E-state index in [1.165, 1.54) is 18.4 Å². The molecule has 0 radical (unpaired) electrons. The van der Waals surface area contributed by atoms with E-state index in [1.54, 1.807) is 0 Å². The van der Waals surface area contributed by atoms with Gasteiger partial charge < -0.3 is 14.9 Å². The minimum absolute atomic E-state index is 0.0202. The molecule has 13 heteroatoms. The lowest BCUT2D eigenvalue weighted by Gasteiger charge is -2.36. The van der Waals surface area contributed by atoms with Gasteiger partial charge in [-0.15, -0.1) is 11.8 Å². The number of nitrogens with zero attached hydrogens (tertiary/aromatic N) is 4. The number of rotatable bonds is 10. The highest BCUT2D eigenvalue weighted by molar-refractivity contribution is 7.99. The Bertz CT molecular complexity index is 1390. The molecule has 2 saturated heterocycles. The number of hydrogen-bond donors (Lipinski definition) is 1. The fourth-order valence-corrected chi connectivity index (χ4v) is 8.45. The number of benzene rings is 1. The van der Waals surface area contributed by atoms with Gasteiger partial charge in [-0.05, 0) is 63.6 Å². The highest BCUT2D eigenvalue weighted by atomic mass is 32.2. The number of halogens is 3. The normalized spacial score (nSPS) is 20.8. The van der Waals surface area contributed by atoms with Gasteiger partial charge in [-0.3, -0.25) is 9.48 Å². The predicted molar refractivity (Wildman–Crippen MR) is 156 cm³/mol. The first-order chi connectivity index (χ1) is 20.0. The summed E-state index contributed by atoms with van der Waals surface area (Å²) in [6.45, 7) is 4.00. The Morgan fingerprint density at radius 1 is 1.10 bits per heavy atom. The summed E-state index contributed by atoms with van der Waals surface area (Å²) in [5, 5.41) is 13.5. The van der Waals surface area contributed by atoms with Crippen LogP contribution in [-0.4, -0.2) is 95.1 Å². The molecule has 2 aliphatic heterocycles. The van der Waals surface area contributed by atoms with E-state index < -0.39 is 26.8 Å². The van der Waals surface area contributed by atoms with Gasteiger partial charge in [-0.2, -0.15) is 18.3 Å². The van der Waals surface area contributed by atoms with Crippen LogP contribution < -0.4 is 0 Å². The first kappa shape index (κ1) is 31.3. The monoisotopic (exact) mass is 628 g/mol. The number of sulfone groups is 1. The van der Waals surface area contributed by atoms with E-state index in [0.29, 0.717) is 43.1 Å². The summed E-state index contributed by atoms with van der Waals surface area (Å²) in [5.41, 5.74) is 2.05. The van der Waals surface area contributed by atoms with Gasteiger partial charge in [0.15, 0.2) is 9.84 Å². The van der Waals surface area contributed by atoms with E-state index in [4.69, 9.17) is 5.10 Å². The van der Waals surface area contributed by atoms with Gasteiger partial charge >= 0.3 is 6.18 Å². The van der Waals surface area contributed by atoms with Crippen molar-refractivity contribution < 1.29 is 31.5 Å². The number of aliphatic hydroxyl groups is 1. The van der Waals surface area contributed by atoms with Crippen LogP contribution in [0.25, 0.3) is 11.3 Å². The Kier molecular flexibility index (Phi) is 9.60. The average Bonchev–Trinajstić information content (AvgIpc) is 3.54. The van der Waals surface area contributed by atoms with Crippen molar-refractivity contribution in [2.75, 3.05) is 44.8 Å². The molecule has 2 fully saturated rings. The SMILES string of the molecule is CS(=O)(=O)C1CCc2c(c(-c3ccc(C(F)(F)F)c(SCCO)c3)nn2CCCN2CCC(N3CCCC3=O)CC2)C1. The van der Waals surface area contributed by atoms with Crippen molar-refractivity contribution in [1.29, 1.82) is 0 Å². The maximum Gasteiger partial charge on any atom is 0.417 e. The van der Waals surface area contributed by atoms with Crippen molar-refractivity contribution >= 4 is 27.5 Å². The van der Waals surface area contributed by atoms with Gasteiger partial charge in [-0.1, -0.05) is 6.07 Å². The third-order valence-corrected chi connectivity index (χ3v) is 11.4. The second-order valence-corrected chi connectivity index (χ2v) is 15.1. The third-order valence-electron chi connectivity index (χ3n) is 8.77. The van der Waals surface area contributed by atoms with E-state index in [0.717, 1.165) is 80.9 Å². The van der Waals surface area contributed by atoms with Gasteiger partial charge in [0.05, 0.1) is 23.1 Å². The van der Waals surface area contributed by atoms with E-state index in [-0.39, 0.29) is 29.6 Å². The van der Waals surface area contributed by atoms with E-state index in [2.05, 4.69) is 4.90 Å². The quantitative estimate of drug-likeness (QED) is 0.397. The van der Waals surface area contributed by atoms with Crippen LogP contribution in [0, 0.1) is 0 Å². The Hall–Kier alpha value is -2.09. The van der Waals surface area contributed by atoms with Crippen LogP contribution in [-0.2, 0) is 40.2 Å². The Morgan fingerprint density at radius 3 is 2.50 bits per heavy atom. The van der Waals surface area contributed by atoms with Crippen LogP contribution in [0.2, 0.25) is 0 Å². The number of hydrogen-bond acceptors (Lipinski definition) is 7. The number of thioether (sulfide) groups is 1. The minimum Gasteiger partial charge on any atom is -0.396 e. The summed E-state index contributed by atoms with van der Waals surface area (Å²) in [7, 11) is -3.30. The molecule has 1 aromatic heterocycles. The number of fused-ring (bicyclic) bond motifs is 1. The third kappa shape index (κ3) is 7.00. The largest absolute Gasteiger partial charge is 0.417 e. The summed E-state index contributed by atoms with van der Waals surface area (Å²) in [5.74, 6) is 0.402. The molecule has 232 valence electrons.